The summed E-state index contributed by atoms with van der Waals surface area (Å²) in [5.41, 5.74) is 1.56. The number of carbonyl (C=O) groups excluding carboxylic acids is 1. The van der Waals surface area contributed by atoms with Gasteiger partial charge in [0, 0.05) is 27.7 Å². The van der Waals surface area contributed by atoms with Gasteiger partial charge >= 0.3 is 5.97 Å². The Balaban J connectivity index is 1.94. The number of nitrogens with zero attached hydrogens (tertiary/aromatic N) is 1. The average molecular weight is 330 g/mol. The van der Waals surface area contributed by atoms with Crippen molar-refractivity contribution >= 4 is 40.1 Å². The highest BCUT2D eigenvalue weighted by Gasteiger charge is 2.19. The molecule has 7 heteroatoms. The number of pyridine rings is 1. The summed E-state index contributed by atoms with van der Waals surface area (Å²) in [4.78, 5) is 30.3. The van der Waals surface area contributed by atoms with Crippen LogP contribution in [0.25, 0.3) is 10.9 Å². The topological polar surface area (TPSA) is 95.1 Å². The third-order valence-electron chi connectivity index (χ3n) is 3.36. The molecular weight excluding hydrogens is 318 g/mol. The summed E-state index contributed by atoms with van der Waals surface area (Å²) in [6.07, 6.45) is 3.03. The molecule has 116 valence electrons. The normalized spacial score (nSPS) is 10.7. The van der Waals surface area contributed by atoms with Crippen LogP contribution in [0.1, 0.15) is 16.1 Å². The highest BCUT2D eigenvalue weighted by atomic mass is 35.5. The summed E-state index contributed by atoms with van der Waals surface area (Å²) in [5, 5.41) is 13.1. The van der Waals surface area contributed by atoms with E-state index in [2.05, 4.69) is 15.3 Å². The Morgan fingerprint density at radius 1 is 1.30 bits per heavy atom. The maximum absolute atomic E-state index is 12.2. The maximum atomic E-state index is 12.2. The van der Waals surface area contributed by atoms with Gasteiger partial charge in [-0.1, -0.05) is 11.6 Å². The lowest BCUT2D eigenvalue weighted by molar-refractivity contribution is -0.115. The Labute approximate surface area is 136 Å². The molecule has 0 fully saturated rings. The summed E-state index contributed by atoms with van der Waals surface area (Å²) >= 11 is 5.98. The number of carboxylic acid groups (broad SMARTS) is 1. The van der Waals surface area contributed by atoms with Crippen molar-refractivity contribution in [1.82, 2.24) is 9.97 Å². The van der Waals surface area contributed by atoms with Crippen molar-refractivity contribution in [3.63, 3.8) is 0 Å². The van der Waals surface area contributed by atoms with Gasteiger partial charge in [-0.25, -0.2) is 4.79 Å². The van der Waals surface area contributed by atoms with Gasteiger partial charge in [-0.05, 0) is 30.3 Å². The van der Waals surface area contributed by atoms with Gasteiger partial charge in [0.2, 0.25) is 5.91 Å². The van der Waals surface area contributed by atoms with Crippen LogP contribution in [0, 0.1) is 0 Å². The van der Waals surface area contributed by atoms with Crippen LogP contribution in [0.15, 0.2) is 42.7 Å². The summed E-state index contributed by atoms with van der Waals surface area (Å²) in [7, 11) is 0. The van der Waals surface area contributed by atoms with E-state index in [1.54, 1.807) is 36.5 Å². The van der Waals surface area contributed by atoms with Crippen molar-refractivity contribution in [2.24, 2.45) is 0 Å². The number of carbonyl (C=O) groups is 2. The van der Waals surface area contributed by atoms with Gasteiger partial charge in [0.05, 0.1) is 18.3 Å². The number of hydrogen-bond acceptors (Lipinski definition) is 3. The number of aromatic carboxylic acids is 1. The second-order valence-electron chi connectivity index (χ2n) is 4.94. The minimum atomic E-state index is -1.12. The Bertz CT molecular complexity index is 890. The Hall–Kier alpha value is -2.86. The number of carboxylic acids is 1. The van der Waals surface area contributed by atoms with Crippen LogP contribution in [0.4, 0.5) is 5.69 Å². The largest absolute Gasteiger partial charge is 0.477 e. The lowest BCUT2D eigenvalue weighted by Crippen LogP contribution is -2.16. The number of fused-ring (bicyclic) bond motifs is 1. The fraction of sp³-hybridized carbons (Fsp3) is 0.0625. The number of nitrogens with one attached hydrogen (secondary N) is 2. The van der Waals surface area contributed by atoms with Gasteiger partial charge in [-0.15, -0.1) is 0 Å². The molecule has 2 heterocycles. The Morgan fingerprint density at radius 2 is 2.13 bits per heavy atom. The highest BCUT2D eigenvalue weighted by molar-refractivity contribution is 6.31. The number of halogens is 1. The molecule has 0 atom stereocenters. The Kier molecular flexibility index (Phi) is 3.99. The van der Waals surface area contributed by atoms with E-state index in [0.29, 0.717) is 27.2 Å². The predicted molar refractivity (Wildman–Crippen MR) is 86.8 cm³/mol. The standard InChI is InChI=1S/C16H12ClN3O3/c17-9-3-4-13-11(6-9)12(15(20-13)16(22)23)7-14(21)19-10-2-1-5-18-8-10/h1-6,8,20H,7H2,(H,19,21)(H,22,23). The van der Waals surface area contributed by atoms with Crippen LogP contribution in [0.2, 0.25) is 5.02 Å². The zero-order chi connectivity index (χ0) is 16.4. The van der Waals surface area contributed by atoms with Crippen LogP contribution in [0.3, 0.4) is 0 Å². The molecule has 1 amide bonds. The number of amides is 1. The lowest BCUT2D eigenvalue weighted by Gasteiger charge is -2.05. The van der Waals surface area contributed by atoms with Crippen molar-refractivity contribution in [3.05, 3.63) is 59.0 Å². The first-order valence-corrected chi connectivity index (χ1v) is 7.15. The highest BCUT2D eigenvalue weighted by Crippen LogP contribution is 2.26. The number of rotatable bonds is 4. The number of benzene rings is 1. The van der Waals surface area contributed by atoms with Gasteiger partial charge in [-0.2, -0.15) is 0 Å². The van der Waals surface area contributed by atoms with Gasteiger partial charge in [0.1, 0.15) is 5.69 Å². The minimum Gasteiger partial charge on any atom is -0.477 e. The number of aromatic amines is 1. The number of H-pyrrole nitrogens is 1. The first-order chi connectivity index (χ1) is 11.0. The second kappa shape index (κ2) is 6.10. The molecular formula is C16H12ClN3O3. The van der Waals surface area contributed by atoms with Gasteiger partial charge in [0.25, 0.3) is 0 Å². The van der Waals surface area contributed by atoms with Crippen molar-refractivity contribution in [1.29, 1.82) is 0 Å². The minimum absolute atomic E-state index is 0.0106. The molecule has 2 aromatic heterocycles. The second-order valence-corrected chi connectivity index (χ2v) is 5.38. The van der Waals surface area contributed by atoms with Crippen molar-refractivity contribution < 1.29 is 14.7 Å². The van der Waals surface area contributed by atoms with Crippen LogP contribution in [0.5, 0.6) is 0 Å². The number of aromatic nitrogens is 2. The molecule has 0 bridgehead atoms. The van der Waals surface area contributed by atoms with Crippen LogP contribution in [-0.4, -0.2) is 27.0 Å². The molecule has 1 aromatic carbocycles. The van der Waals surface area contributed by atoms with Crippen molar-refractivity contribution in [2.75, 3.05) is 5.32 Å². The monoisotopic (exact) mass is 329 g/mol. The molecule has 0 saturated heterocycles. The van der Waals surface area contributed by atoms with Crippen molar-refractivity contribution in [2.45, 2.75) is 6.42 Å². The molecule has 3 N–H and O–H groups in total. The van der Waals surface area contributed by atoms with Gasteiger partial charge < -0.3 is 15.4 Å². The molecule has 0 unspecified atom stereocenters. The van der Waals surface area contributed by atoms with E-state index >= 15 is 0 Å². The van der Waals surface area contributed by atoms with E-state index in [1.807, 2.05) is 0 Å². The average Bonchev–Trinajstić information content (AvgIpc) is 2.86. The molecule has 0 aliphatic carbocycles. The zero-order valence-electron chi connectivity index (χ0n) is 11.8. The summed E-state index contributed by atoms with van der Waals surface area (Å²) < 4.78 is 0. The fourth-order valence-corrected chi connectivity index (χ4v) is 2.56. The molecule has 3 aromatic rings. The molecule has 0 aliphatic heterocycles. The third-order valence-corrected chi connectivity index (χ3v) is 3.60. The van der Waals surface area contributed by atoms with Gasteiger partial charge in [-0.3, -0.25) is 9.78 Å². The summed E-state index contributed by atoms with van der Waals surface area (Å²) in [5.74, 6) is -1.46. The van der Waals surface area contributed by atoms with Crippen molar-refractivity contribution in [3.8, 4) is 0 Å². The molecule has 0 spiro atoms. The van der Waals surface area contributed by atoms with E-state index in [4.69, 9.17) is 11.6 Å². The van der Waals surface area contributed by atoms with E-state index in [9.17, 15) is 14.7 Å². The first-order valence-electron chi connectivity index (χ1n) is 6.78. The lowest BCUT2D eigenvalue weighted by atomic mass is 10.1. The fourth-order valence-electron chi connectivity index (χ4n) is 2.39. The predicted octanol–water partition coefficient (Wildman–Crippen LogP) is 3.10. The van der Waals surface area contributed by atoms with E-state index < -0.39 is 5.97 Å². The molecule has 0 aliphatic rings. The number of anilines is 1. The van der Waals surface area contributed by atoms with E-state index in [0.717, 1.165) is 0 Å². The van der Waals surface area contributed by atoms with Crippen LogP contribution in [-0.2, 0) is 11.2 Å². The quantitative estimate of drug-likeness (QED) is 0.685. The molecule has 3 rings (SSSR count). The summed E-state index contributed by atoms with van der Waals surface area (Å²) in [6, 6.07) is 8.39. The Morgan fingerprint density at radius 3 is 2.83 bits per heavy atom. The SMILES string of the molecule is O=C(Cc1c(C(=O)O)[nH]c2ccc(Cl)cc12)Nc1cccnc1. The summed E-state index contributed by atoms with van der Waals surface area (Å²) in [6.45, 7) is 0. The number of hydrogen-bond donors (Lipinski definition) is 3. The molecule has 23 heavy (non-hydrogen) atoms. The molecule has 0 saturated carbocycles. The van der Waals surface area contributed by atoms with Crippen LogP contribution < -0.4 is 5.32 Å². The van der Waals surface area contributed by atoms with Crippen LogP contribution >= 0.6 is 11.6 Å². The molecule has 0 radical (unpaired) electrons. The first kappa shape index (κ1) is 15.1. The molecule has 6 nitrogen and oxygen atoms in total. The zero-order valence-corrected chi connectivity index (χ0v) is 12.6. The van der Waals surface area contributed by atoms with E-state index in [1.165, 1.54) is 6.20 Å². The van der Waals surface area contributed by atoms with Gasteiger partial charge in [0.15, 0.2) is 0 Å². The maximum Gasteiger partial charge on any atom is 0.352 e. The third kappa shape index (κ3) is 3.17. The van der Waals surface area contributed by atoms with E-state index in [-0.39, 0.29) is 18.0 Å². The smallest absolute Gasteiger partial charge is 0.352 e.